The van der Waals surface area contributed by atoms with Gasteiger partial charge < -0.3 is 33.0 Å². The Morgan fingerprint density at radius 2 is 1.31 bits per heavy atom. The summed E-state index contributed by atoms with van der Waals surface area (Å²) in [5.74, 6) is 0.769. The fourth-order valence-electron chi connectivity index (χ4n) is 5.23. The highest BCUT2D eigenvalue weighted by molar-refractivity contribution is 7.92. The van der Waals surface area contributed by atoms with Gasteiger partial charge in [-0.25, -0.2) is 0 Å². The molecule has 0 radical (unpaired) electrons. The first kappa shape index (κ1) is 28.9. The van der Waals surface area contributed by atoms with Gasteiger partial charge in [-0.1, -0.05) is 91.0 Å². The first-order valence-corrected chi connectivity index (χ1v) is 15.2. The lowest BCUT2D eigenvalue weighted by atomic mass is 9.98. The van der Waals surface area contributed by atoms with Crippen LogP contribution in [0, 0.1) is 0 Å². The van der Waals surface area contributed by atoms with Crippen LogP contribution in [0.2, 0.25) is 0 Å². The van der Waals surface area contributed by atoms with Crippen LogP contribution >= 0.6 is 0 Å². The van der Waals surface area contributed by atoms with Crippen LogP contribution in [-0.2, 0) is 48.1 Å². The Bertz CT molecular complexity index is 1370. The lowest BCUT2D eigenvalue weighted by Crippen LogP contribution is -2.64. The van der Waals surface area contributed by atoms with Crippen LogP contribution in [0.15, 0.2) is 120 Å². The SMILES string of the molecule is COc1ccc(CO[C@@H]2C(OCc3ccccc3)[C@@H]([S+]([O-])c3ccccc3)OC3COC(c4ccccc4)O[C@H]32)cc1. The number of benzene rings is 4. The van der Waals surface area contributed by atoms with Crippen molar-refractivity contribution in [2.75, 3.05) is 13.7 Å². The van der Waals surface area contributed by atoms with Crippen molar-refractivity contribution < 1.29 is 33.0 Å². The Morgan fingerprint density at radius 1 is 0.714 bits per heavy atom. The topological polar surface area (TPSA) is 78.4 Å². The van der Waals surface area contributed by atoms with Gasteiger partial charge in [-0.05, 0) is 35.4 Å². The molecule has 0 spiro atoms. The molecule has 42 heavy (non-hydrogen) atoms. The number of rotatable bonds is 10. The smallest absolute Gasteiger partial charge is 0.250 e. The summed E-state index contributed by atoms with van der Waals surface area (Å²) in [6.45, 7) is 0.865. The van der Waals surface area contributed by atoms with Crippen LogP contribution < -0.4 is 4.74 Å². The van der Waals surface area contributed by atoms with E-state index in [1.807, 2.05) is 115 Å². The Morgan fingerprint density at radius 3 is 1.98 bits per heavy atom. The number of fused-ring (bicyclic) bond motifs is 1. The largest absolute Gasteiger partial charge is 0.609 e. The maximum Gasteiger partial charge on any atom is 0.250 e. The minimum Gasteiger partial charge on any atom is -0.609 e. The van der Waals surface area contributed by atoms with Crippen molar-refractivity contribution in [2.45, 2.75) is 54.3 Å². The summed E-state index contributed by atoms with van der Waals surface area (Å²) < 4.78 is 51.8. The molecule has 0 bridgehead atoms. The Kier molecular flexibility index (Phi) is 9.52. The Hall–Kier alpha value is -3.21. The minimum absolute atomic E-state index is 0.264. The molecule has 8 heteroatoms. The summed E-state index contributed by atoms with van der Waals surface area (Å²) in [7, 11) is 1.64. The van der Waals surface area contributed by atoms with E-state index < -0.39 is 47.3 Å². The van der Waals surface area contributed by atoms with Crippen LogP contribution in [0.4, 0.5) is 0 Å². The number of methoxy groups -OCH3 is 1. The summed E-state index contributed by atoms with van der Waals surface area (Å²) in [6.07, 6.45) is -2.90. The lowest BCUT2D eigenvalue weighted by Gasteiger charge is -2.48. The highest BCUT2D eigenvalue weighted by Gasteiger charge is 2.55. The summed E-state index contributed by atoms with van der Waals surface area (Å²) >= 11 is -1.55. The monoisotopic (exact) mass is 586 g/mol. The summed E-state index contributed by atoms with van der Waals surface area (Å²) in [4.78, 5) is 0.656. The minimum atomic E-state index is -1.55. The average Bonchev–Trinajstić information content (AvgIpc) is 3.07. The maximum absolute atomic E-state index is 14.0. The van der Waals surface area contributed by atoms with Gasteiger partial charge in [-0.3, -0.25) is 0 Å². The molecule has 2 heterocycles. The molecule has 2 fully saturated rings. The highest BCUT2D eigenvalue weighted by atomic mass is 32.2. The van der Waals surface area contributed by atoms with Crippen molar-refractivity contribution in [1.82, 2.24) is 0 Å². The predicted octanol–water partition coefficient (Wildman–Crippen LogP) is 5.81. The third-order valence-electron chi connectivity index (χ3n) is 7.43. The van der Waals surface area contributed by atoms with E-state index in [1.54, 1.807) is 7.11 Å². The molecule has 4 aromatic rings. The number of hydrogen-bond acceptors (Lipinski definition) is 7. The van der Waals surface area contributed by atoms with Gasteiger partial charge in [0.05, 0.1) is 26.9 Å². The second kappa shape index (κ2) is 13.8. The lowest BCUT2D eigenvalue weighted by molar-refractivity contribution is -0.330. The summed E-state index contributed by atoms with van der Waals surface area (Å²) in [5.41, 5.74) is 2.06. The molecule has 2 aliphatic heterocycles. The quantitative estimate of drug-likeness (QED) is 0.217. The Balaban J connectivity index is 1.32. The zero-order chi connectivity index (χ0) is 28.7. The molecule has 7 nitrogen and oxygen atoms in total. The Labute approximate surface area is 249 Å². The van der Waals surface area contributed by atoms with Gasteiger partial charge in [0.2, 0.25) is 0 Å². The van der Waals surface area contributed by atoms with E-state index >= 15 is 0 Å². The molecule has 0 saturated carbocycles. The van der Waals surface area contributed by atoms with Gasteiger partial charge in [0.25, 0.3) is 5.44 Å². The molecule has 0 aliphatic carbocycles. The molecule has 4 aromatic carbocycles. The van der Waals surface area contributed by atoms with Crippen molar-refractivity contribution in [3.63, 3.8) is 0 Å². The number of hydrogen-bond donors (Lipinski definition) is 0. The van der Waals surface area contributed by atoms with E-state index in [0.29, 0.717) is 18.1 Å². The van der Waals surface area contributed by atoms with E-state index in [4.69, 9.17) is 28.4 Å². The van der Waals surface area contributed by atoms with Crippen molar-refractivity contribution in [2.24, 2.45) is 0 Å². The van der Waals surface area contributed by atoms with Gasteiger partial charge >= 0.3 is 0 Å². The zero-order valence-electron chi connectivity index (χ0n) is 23.3. The van der Waals surface area contributed by atoms with E-state index in [0.717, 1.165) is 22.4 Å². The maximum atomic E-state index is 14.0. The van der Waals surface area contributed by atoms with Crippen LogP contribution in [-0.4, -0.2) is 48.1 Å². The van der Waals surface area contributed by atoms with Crippen LogP contribution in [0.3, 0.4) is 0 Å². The molecule has 4 unspecified atom stereocenters. The van der Waals surface area contributed by atoms with Crippen LogP contribution in [0.5, 0.6) is 5.75 Å². The molecule has 6 rings (SSSR count). The standard InChI is InChI=1S/C34H34O7S/c1-36-27-19-17-25(18-20-27)22-37-31-30-29(23-39-33(41-30)26-13-7-3-8-14-26)40-34(42(35)28-15-9-4-10-16-28)32(31)38-21-24-11-5-2-6-12-24/h2-20,29-34H,21-23H2,1H3/t29?,30-,31+,32?,33?,34-,42?/m1/s1. The molecule has 0 amide bonds. The zero-order valence-corrected chi connectivity index (χ0v) is 24.1. The highest BCUT2D eigenvalue weighted by Crippen LogP contribution is 2.39. The van der Waals surface area contributed by atoms with Gasteiger partial charge in [0.15, 0.2) is 17.3 Å². The summed E-state index contributed by atoms with van der Waals surface area (Å²) in [5, 5.41) is 0. The molecule has 0 N–H and O–H groups in total. The van der Waals surface area contributed by atoms with E-state index in [1.165, 1.54) is 0 Å². The van der Waals surface area contributed by atoms with E-state index in [-0.39, 0.29) is 6.61 Å². The van der Waals surface area contributed by atoms with Gasteiger partial charge in [0, 0.05) is 16.7 Å². The third-order valence-corrected chi connectivity index (χ3v) is 8.97. The summed E-state index contributed by atoms with van der Waals surface area (Å²) in [6, 6.07) is 36.7. The molecule has 0 aromatic heterocycles. The molecule has 2 aliphatic rings. The predicted molar refractivity (Wildman–Crippen MR) is 158 cm³/mol. The first-order chi connectivity index (χ1) is 20.7. The molecular formula is C34H34O7S. The van der Waals surface area contributed by atoms with E-state index in [2.05, 4.69) is 0 Å². The van der Waals surface area contributed by atoms with Gasteiger partial charge in [-0.2, -0.15) is 0 Å². The van der Waals surface area contributed by atoms with Crippen LogP contribution in [0.1, 0.15) is 23.0 Å². The van der Waals surface area contributed by atoms with Crippen molar-refractivity contribution in [1.29, 1.82) is 0 Å². The van der Waals surface area contributed by atoms with Crippen molar-refractivity contribution in [3.8, 4) is 5.75 Å². The number of ether oxygens (including phenoxy) is 6. The van der Waals surface area contributed by atoms with Gasteiger partial charge in [-0.15, -0.1) is 0 Å². The van der Waals surface area contributed by atoms with E-state index in [9.17, 15) is 4.55 Å². The van der Waals surface area contributed by atoms with Crippen molar-refractivity contribution >= 4 is 11.2 Å². The first-order valence-electron chi connectivity index (χ1n) is 14.0. The average molecular weight is 587 g/mol. The molecule has 2 saturated heterocycles. The van der Waals surface area contributed by atoms with Crippen molar-refractivity contribution in [3.05, 3.63) is 132 Å². The molecule has 7 atom stereocenters. The molecule has 218 valence electrons. The second-order valence-electron chi connectivity index (χ2n) is 10.2. The fraction of sp³-hybridized carbons (Fsp3) is 0.294. The fourth-order valence-corrected chi connectivity index (χ4v) is 6.65. The van der Waals surface area contributed by atoms with Crippen LogP contribution in [0.25, 0.3) is 0 Å². The van der Waals surface area contributed by atoms with Gasteiger partial charge in [0.1, 0.15) is 24.1 Å². The second-order valence-corrected chi connectivity index (χ2v) is 11.7. The molecular weight excluding hydrogens is 552 g/mol. The normalized spacial score (nSPS) is 26.2. The third kappa shape index (κ3) is 6.71.